The summed E-state index contributed by atoms with van der Waals surface area (Å²) < 4.78 is 0. The molecule has 1 aliphatic heterocycles. The minimum absolute atomic E-state index is 0. The molecule has 0 radical (unpaired) electrons. The first-order valence-electron chi connectivity index (χ1n) is 9.14. The zero-order valence-corrected chi connectivity index (χ0v) is 17.5. The summed E-state index contributed by atoms with van der Waals surface area (Å²) in [4.78, 5) is 23.8. The van der Waals surface area contributed by atoms with Gasteiger partial charge >= 0.3 is 0 Å². The molecule has 3 rings (SSSR count). The van der Waals surface area contributed by atoms with Crippen LogP contribution in [0.5, 0.6) is 0 Å². The highest BCUT2D eigenvalue weighted by molar-refractivity contribution is 6.33. The van der Waals surface area contributed by atoms with Crippen molar-refractivity contribution < 1.29 is 4.79 Å². The zero-order chi connectivity index (χ0) is 18.7. The van der Waals surface area contributed by atoms with Crippen molar-refractivity contribution >= 4 is 29.9 Å². The van der Waals surface area contributed by atoms with Crippen LogP contribution in [-0.2, 0) is 6.42 Å². The Morgan fingerprint density at radius 1 is 1.33 bits per heavy atom. The largest absolute Gasteiger partial charge is 0.328 e. The molecule has 1 N–H and O–H groups in total. The second kappa shape index (κ2) is 9.49. The van der Waals surface area contributed by atoms with Crippen LogP contribution in [0.4, 0.5) is 0 Å². The Morgan fingerprint density at radius 3 is 2.67 bits per heavy atom. The van der Waals surface area contributed by atoms with E-state index in [2.05, 4.69) is 46.5 Å². The number of amides is 1. The lowest BCUT2D eigenvalue weighted by Gasteiger charge is -2.36. The lowest BCUT2D eigenvalue weighted by atomic mass is 10.0. The van der Waals surface area contributed by atoms with Crippen molar-refractivity contribution in [3.05, 3.63) is 58.1 Å². The third-order valence-corrected chi connectivity index (χ3v) is 5.04. The zero-order valence-electron chi connectivity index (χ0n) is 15.9. The van der Waals surface area contributed by atoms with Gasteiger partial charge in [0.15, 0.2) is 5.69 Å². The maximum absolute atomic E-state index is 13.2. The van der Waals surface area contributed by atoms with Crippen molar-refractivity contribution in [3.8, 4) is 0 Å². The van der Waals surface area contributed by atoms with Gasteiger partial charge in [-0.3, -0.25) is 4.79 Å². The van der Waals surface area contributed by atoms with Crippen LogP contribution in [0.3, 0.4) is 0 Å². The molecule has 1 aromatic heterocycles. The molecule has 5 nitrogen and oxygen atoms in total. The predicted octanol–water partition coefficient (Wildman–Crippen LogP) is 4.02. The number of halogens is 2. The van der Waals surface area contributed by atoms with E-state index in [9.17, 15) is 4.79 Å². The summed E-state index contributed by atoms with van der Waals surface area (Å²) in [6.45, 7) is 8.24. The number of aromatic nitrogens is 2. The Balaban J connectivity index is 0.00000261. The molecule has 7 heteroatoms. The summed E-state index contributed by atoms with van der Waals surface area (Å²) in [6, 6.07) is 8.44. The van der Waals surface area contributed by atoms with Crippen molar-refractivity contribution in [1.82, 2.24) is 20.2 Å². The van der Waals surface area contributed by atoms with Crippen LogP contribution in [0.1, 0.15) is 60.2 Å². The number of nitrogens with zero attached hydrogens (tertiary/aromatic N) is 3. The standard InChI is InChI=1S/C20H25ClN4O.ClH/c1-4-14-5-7-15(8-6-14)17-12-22-9-10-25(17)20(26)18-16(21)11-23-19(24-18)13(2)3;/h5-8,11,13,17,22H,4,9-10,12H2,1-3H3;1H. The number of carbonyl (C=O) groups is 1. The minimum atomic E-state index is -0.134. The van der Waals surface area contributed by atoms with Gasteiger partial charge in [0.1, 0.15) is 5.82 Å². The summed E-state index contributed by atoms with van der Waals surface area (Å²) >= 11 is 6.26. The highest BCUT2D eigenvalue weighted by Crippen LogP contribution is 2.26. The van der Waals surface area contributed by atoms with E-state index in [-0.39, 0.29) is 30.3 Å². The lowest BCUT2D eigenvalue weighted by molar-refractivity contribution is 0.0628. The second-order valence-electron chi connectivity index (χ2n) is 6.89. The predicted molar refractivity (Wildman–Crippen MR) is 111 cm³/mol. The van der Waals surface area contributed by atoms with Crippen molar-refractivity contribution in [2.75, 3.05) is 19.6 Å². The van der Waals surface area contributed by atoms with Crippen LogP contribution < -0.4 is 5.32 Å². The summed E-state index contributed by atoms with van der Waals surface area (Å²) in [7, 11) is 0. The van der Waals surface area contributed by atoms with Crippen LogP contribution >= 0.6 is 24.0 Å². The highest BCUT2D eigenvalue weighted by atomic mass is 35.5. The molecule has 146 valence electrons. The number of piperazine rings is 1. The maximum Gasteiger partial charge on any atom is 0.274 e. The van der Waals surface area contributed by atoms with Gasteiger partial charge in [-0.1, -0.05) is 56.6 Å². The van der Waals surface area contributed by atoms with E-state index in [1.54, 1.807) is 0 Å². The topological polar surface area (TPSA) is 58.1 Å². The molecule has 1 fully saturated rings. The van der Waals surface area contributed by atoms with Crippen LogP contribution in [0.15, 0.2) is 30.5 Å². The Bertz CT molecular complexity index is 780. The lowest BCUT2D eigenvalue weighted by Crippen LogP contribution is -2.49. The fourth-order valence-corrected chi connectivity index (χ4v) is 3.34. The number of hydrogen-bond acceptors (Lipinski definition) is 4. The Hall–Kier alpha value is -1.69. The number of aryl methyl sites for hydroxylation is 1. The average molecular weight is 409 g/mol. The molecule has 1 aromatic carbocycles. The first-order chi connectivity index (χ1) is 12.5. The Labute approximate surface area is 171 Å². The molecular weight excluding hydrogens is 383 g/mol. The minimum Gasteiger partial charge on any atom is -0.328 e. The number of nitrogens with one attached hydrogen (secondary N) is 1. The van der Waals surface area contributed by atoms with Gasteiger partial charge in [-0.05, 0) is 17.5 Å². The van der Waals surface area contributed by atoms with Crippen LogP contribution in [0.25, 0.3) is 0 Å². The third kappa shape index (κ3) is 4.78. The molecule has 1 atom stereocenters. The fourth-order valence-electron chi connectivity index (χ4n) is 3.17. The van der Waals surface area contributed by atoms with Crippen molar-refractivity contribution in [2.45, 2.75) is 39.2 Å². The molecule has 2 heterocycles. The van der Waals surface area contributed by atoms with Crippen LogP contribution in [0, 0.1) is 0 Å². The van der Waals surface area contributed by atoms with E-state index in [1.165, 1.54) is 11.8 Å². The molecule has 2 aromatic rings. The van der Waals surface area contributed by atoms with E-state index in [1.807, 2.05) is 18.7 Å². The van der Waals surface area contributed by atoms with E-state index >= 15 is 0 Å². The van der Waals surface area contributed by atoms with Gasteiger partial charge in [-0.2, -0.15) is 0 Å². The SMILES string of the molecule is CCc1ccc(C2CNCCN2C(=O)c2nc(C(C)C)ncc2Cl)cc1.Cl. The van der Waals surface area contributed by atoms with E-state index in [4.69, 9.17) is 11.6 Å². The quantitative estimate of drug-likeness (QED) is 0.829. The average Bonchev–Trinajstić information content (AvgIpc) is 2.67. The van der Waals surface area contributed by atoms with Crippen molar-refractivity contribution in [3.63, 3.8) is 0 Å². The van der Waals surface area contributed by atoms with Gasteiger partial charge in [0.25, 0.3) is 5.91 Å². The van der Waals surface area contributed by atoms with Crippen LogP contribution in [-0.4, -0.2) is 40.4 Å². The molecule has 1 saturated heterocycles. The monoisotopic (exact) mass is 408 g/mol. The van der Waals surface area contributed by atoms with Crippen LogP contribution in [0.2, 0.25) is 5.02 Å². The first-order valence-corrected chi connectivity index (χ1v) is 9.52. The van der Waals surface area contributed by atoms with Crippen molar-refractivity contribution in [2.24, 2.45) is 0 Å². The summed E-state index contributed by atoms with van der Waals surface area (Å²) in [5.74, 6) is 0.640. The molecule has 27 heavy (non-hydrogen) atoms. The van der Waals surface area contributed by atoms with E-state index in [0.29, 0.717) is 23.1 Å². The smallest absolute Gasteiger partial charge is 0.274 e. The number of carbonyl (C=O) groups excluding carboxylic acids is 1. The highest BCUT2D eigenvalue weighted by Gasteiger charge is 2.31. The molecule has 0 saturated carbocycles. The number of hydrogen-bond donors (Lipinski definition) is 1. The molecular formula is C20H26Cl2N4O. The molecule has 1 aliphatic rings. The summed E-state index contributed by atoms with van der Waals surface area (Å²) in [6.07, 6.45) is 2.53. The molecule has 0 spiro atoms. The van der Waals surface area contributed by atoms with E-state index in [0.717, 1.165) is 25.1 Å². The number of rotatable bonds is 4. The Kier molecular flexibility index (Phi) is 7.59. The molecule has 0 aliphatic carbocycles. The maximum atomic E-state index is 13.2. The second-order valence-corrected chi connectivity index (χ2v) is 7.30. The fraction of sp³-hybridized carbons (Fsp3) is 0.450. The van der Waals surface area contributed by atoms with Gasteiger partial charge in [0, 0.05) is 25.6 Å². The molecule has 1 unspecified atom stereocenters. The van der Waals surface area contributed by atoms with Gasteiger partial charge < -0.3 is 10.2 Å². The molecule has 0 bridgehead atoms. The van der Waals surface area contributed by atoms with E-state index < -0.39 is 0 Å². The van der Waals surface area contributed by atoms with Gasteiger partial charge in [-0.25, -0.2) is 9.97 Å². The molecule has 1 amide bonds. The van der Waals surface area contributed by atoms with Gasteiger partial charge in [-0.15, -0.1) is 12.4 Å². The summed E-state index contributed by atoms with van der Waals surface area (Å²) in [5.41, 5.74) is 2.70. The Morgan fingerprint density at radius 2 is 2.04 bits per heavy atom. The number of benzene rings is 1. The third-order valence-electron chi connectivity index (χ3n) is 4.76. The summed E-state index contributed by atoms with van der Waals surface area (Å²) in [5, 5.41) is 3.69. The van der Waals surface area contributed by atoms with Gasteiger partial charge in [0.2, 0.25) is 0 Å². The normalized spacial score (nSPS) is 16.9. The first kappa shape index (κ1) is 21.6. The van der Waals surface area contributed by atoms with Crippen molar-refractivity contribution in [1.29, 1.82) is 0 Å². The van der Waals surface area contributed by atoms with Gasteiger partial charge in [0.05, 0.1) is 17.3 Å².